The van der Waals surface area contributed by atoms with Gasteiger partial charge >= 0.3 is 0 Å². The van der Waals surface area contributed by atoms with Gasteiger partial charge in [-0.05, 0) is 30.2 Å². The predicted octanol–water partition coefficient (Wildman–Crippen LogP) is 1.06. The molecule has 4 nitrogen and oxygen atoms in total. The Balaban J connectivity index is 3.52. The van der Waals surface area contributed by atoms with E-state index in [0.29, 0.717) is 12.0 Å². The molecule has 6 heteroatoms. The van der Waals surface area contributed by atoms with Gasteiger partial charge < -0.3 is 0 Å². The molecule has 90 valence electrons. The van der Waals surface area contributed by atoms with Gasteiger partial charge in [-0.25, -0.2) is 16.8 Å². The first-order chi connectivity index (χ1) is 7.16. The van der Waals surface area contributed by atoms with Crippen LogP contribution in [0.5, 0.6) is 0 Å². The summed E-state index contributed by atoms with van der Waals surface area (Å²) in [4.78, 5) is 0.346. The summed E-state index contributed by atoms with van der Waals surface area (Å²) in [5, 5.41) is 0. The van der Waals surface area contributed by atoms with Gasteiger partial charge in [-0.15, -0.1) is 0 Å². The number of benzene rings is 1. The van der Waals surface area contributed by atoms with Crippen LogP contribution in [0, 0.1) is 0 Å². The van der Waals surface area contributed by atoms with Gasteiger partial charge in [0.15, 0.2) is 19.7 Å². The van der Waals surface area contributed by atoms with Crippen molar-refractivity contribution in [3.63, 3.8) is 0 Å². The third-order valence-electron chi connectivity index (χ3n) is 2.24. The second-order valence-corrected chi connectivity index (χ2v) is 7.67. The Kier molecular flexibility index (Phi) is 3.44. The normalized spacial score (nSPS) is 12.7. The average molecular weight is 262 g/mol. The van der Waals surface area contributed by atoms with Gasteiger partial charge in [-0.3, -0.25) is 0 Å². The van der Waals surface area contributed by atoms with Crippen LogP contribution in [0.1, 0.15) is 12.5 Å². The number of rotatable bonds is 3. The standard InChI is InChI=1S/C10H14O4S2/c1-4-8-7-9(15(2,11)12)5-6-10(8)16(3,13)14/h5-7H,4H2,1-3H3. The van der Waals surface area contributed by atoms with Crippen LogP contribution in [0.4, 0.5) is 0 Å². The third-order valence-corrected chi connectivity index (χ3v) is 4.55. The topological polar surface area (TPSA) is 68.3 Å². The molecule has 0 aliphatic heterocycles. The molecule has 0 bridgehead atoms. The highest BCUT2D eigenvalue weighted by Gasteiger charge is 2.15. The Labute approximate surface area is 96.1 Å². The first-order valence-electron chi connectivity index (χ1n) is 4.69. The molecule has 0 aliphatic carbocycles. The molecule has 0 spiro atoms. The molecule has 1 aromatic carbocycles. The van der Waals surface area contributed by atoms with Crippen LogP contribution in [0.3, 0.4) is 0 Å². The third kappa shape index (κ3) is 2.82. The van der Waals surface area contributed by atoms with Crippen LogP contribution in [-0.4, -0.2) is 29.3 Å². The predicted molar refractivity (Wildman–Crippen MR) is 62.0 cm³/mol. The first kappa shape index (κ1) is 13.2. The van der Waals surface area contributed by atoms with E-state index < -0.39 is 19.7 Å². The number of sulfone groups is 2. The molecule has 0 aliphatic rings. The van der Waals surface area contributed by atoms with E-state index in [1.807, 2.05) is 0 Å². The Hall–Kier alpha value is -0.880. The molecule has 0 radical (unpaired) electrons. The van der Waals surface area contributed by atoms with Crippen LogP contribution in [0.25, 0.3) is 0 Å². The minimum Gasteiger partial charge on any atom is -0.224 e. The van der Waals surface area contributed by atoms with Crippen molar-refractivity contribution in [2.24, 2.45) is 0 Å². The molecule has 0 saturated heterocycles. The van der Waals surface area contributed by atoms with E-state index >= 15 is 0 Å². The minimum atomic E-state index is -3.30. The smallest absolute Gasteiger partial charge is 0.175 e. The lowest BCUT2D eigenvalue weighted by Gasteiger charge is -2.07. The van der Waals surface area contributed by atoms with Crippen LogP contribution >= 0.6 is 0 Å². The molecular weight excluding hydrogens is 248 g/mol. The zero-order chi connectivity index (χ0) is 12.6. The van der Waals surface area contributed by atoms with Crippen LogP contribution in [0.2, 0.25) is 0 Å². The molecular formula is C10H14O4S2. The van der Waals surface area contributed by atoms with E-state index in [0.717, 1.165) is 12.5 Å². The Bertz CT molecular complexity index is 598. The van der Waals surface area contributed by atoms with Crippen molar-refractivity contribution in [1.29, 1.82) is 0 Å². The molecule has 16 heavy (non-hydrogen) atoms. The van der Waals surface area contributed by atoms with Gasteiger partial charge in [-0.1, -0.05) is 6.92 Å². The summed E-state index contributed by atoms with van der Waals surface area (Å²) in [5.41, 5.74) is 0.533. The number of hydrogen-bond donors (Lipinski definition) is 0. The van der Waals surface area contributed by atoms with Crippen molar-refractivity contribution in [2.45, 2.75) is 23.1 Å². The van der Waals surface area contributed by atoms with E-state index in [4.69, 9.17) is 0 Å². The van der Waals surface area contributed by atoms with Crippen molar-refractivity contribution in [3.8, 4) is 0 Å². The lowest BCUT2D eigenvalue weighted by Crippen LogP contribution is -2.05. The van der Waals surface area contributed by atoms with Crippen molar-refractivity contribution in [1.82, 2.24) is 0 Å². The molecule has 0 N–H and O–H groups in total. The molecule has 0 atom stereocenters. The maximum absolute atomic E-state index is 11.4. The van der Waals surface area contributed by atoms with Crippen LogP contribution < -0.4 is 0 Å². The van der Waals surface area contributed by atoms with Gasteiger partial charge in [0, 0.05) is 12.5 Å². The van der Waals surface area contributed by atoms with Gasteiger partial charge in [0.05, 0.1) is 9.79 Å². The second-order valence-electron chi connectivity index (χ2n) is 3.67. The van der Waals surface area contributed by atoms with E-state index in [-0.39, 0.29) is 9.79 Å². The number of hydrogen-bond acceptors (Lipinski definition) is 4. The monoisotopic (exact) mass is 262 g/mol. The van der Waals surface area contributed by atoms with E-state index in [2.05, 4.69) is 0 Å². The van der Waals surface area contributed by atoms with Crippen molar-refractivity contribution in [3.05, 3.63) is 23.8 Å². The molecule has 0 amide bonds. The molecule has 0 heterocycles. The highest BCUT2D eigenvalue weighted by atomic mass is 32.2. The molecule has 1 aromatic rings. The number of aryl methyl sites for hydroxylation is 1. The van der Waals surface area contributed by atoms with Crippen molar-refractivity contribution in [2.75, 3.05) is 12.5 Å². The minimum absolute atomic E-state index is 0.150. The fourth-order valence-electron chi connectivity index (χ4n) is 1.42. The van der Waals surface area contributed by atoms with E-state index in [1.54, 1.807) is 6.92 Å². The van der Waals surface area contributed by atoms with Gasteiger partial charge in [0.25, 0.3) is 0 Å². The summed E-state index contributed by atoms with van der Waals surface area (Å²) < 4.78 is 45.5. The lowest BCUT2D eigenvalue weighted by molar-refractivity contribution is 0.597. The van der Waals surface area contributed by atoms with Crippen molar-refractivity contribution < 1.29 is 16.8 Å². The molecule has 0 saturated carbocycles. The molecule has 0 fully saturated rings. The molecule has 0 unspecified atom stereocenters. The van der Waals surface area contributed by atoms with Gasteiger partial charge in [0.1, 0.15) is 0 Å². The molecule has 0 aromatic heterocycles. The van der Waals surface area contributed by atoms with E-state index in [1.165, 1.54) is 18.2 Å². The maximum Gasteiger partial charge on any atom is 0.175 e. The first-order valence-corrected chi connectivity index (χ1v) is 8.47. The highest BCUT2D eigenvalue weighted by Crippen LogP contribution is 2.20. The Morgan fingerprint density at radius 1 is 1.00 bits per heavy atom. The zero-order valence-corrected chi connectivity index (χ0v) is 11.0. The Morgan fingerprint density at radius 2 is 1.56 bits per heavy atom. The average Bonchev–Trinajstić information content (AvgIpc) is 2.14. The largest absolute Gasteiger partial charge is 0.224 e. The van der Waals surface area contributed by atoms with Crippen LogP contribution in [0.15, 0.2) is 28.0 Å². The Morgan fingerprint density at radius 3 is 1.94 bits per heavy atom. The summed E-state index contributed by atoms with van der Waals surface area (Å²) in [7, 11) is -6.60. The summed E-state index contributed by atoms with van der Waals surface area (Å²) >= 11 is 0. The second kappa shape index (κ2) is 4.18. The fourth-order valence-corrected chi connectivity index (χ4v) is 3.09. The maximum atomic E-state index is 11.4. The van der Waals surface area contributed by atoms with E-state index in [9.17, 15) is 16.8 Å². The SMILES string of the molecule is CCc1cc(S(C)(=O)=O)ccc1S(C)(=O)=O. The molecule has 1 rings (SSSR count). The van der Waals surface area contributed by atoms with Crippen LogP contribution in [-0.2, 0) is 26.1 Å². The fraction of sp³-hybridized carbons (Fsp3) is 0.400. The van der Waals surface area contributed by atoms with Gasteiger partial charge in [0.2, 0.25) is 0 Å². The lowest BCUT2D eigenvalue weighted by atomic mass is 10.2. The van der Waals surface area contributed by atoms with Crippen molar-refractivity contribution >= 4 is 19.7 Å². The zero-order valence-electron chi connectivity index (χ0n) is 9.39. The van der Waals surface area contributed by atoms with Gasteiger partial charge in [-0.2, -0.15) is 0 Å². The summed E-state index contributed by atoms with van der Waals surface area (Å²) in [5.74, 6) is 0. The summed E-state index contributed by atoms with van der Waals surface area (Å²) in [6.07, 6.45) is 2.69. The highest BCUT2D eigenvalue weighted by molar-refractivity contribution is 7.91. The summed E-state index contributed by atoms with van der Waals surface area (Å²) in [6, 6.07) is 4.10. The quantitative estimate of drug-likeness (QED) is 0.816. The summed E-state index contributed by atoms with van der Waals surface area (Å²) in [6.45, 7) is 1.79.